The van der Waals surface area contributed by atoms with Crippen LogP contribution in [-0.2, 0) is 13.2 Å². The molecule has 0 aliphatic carbocycles. The summed E-state index contributed by atoms with van der Waals surface area (Å²) in [5, 5.41) is 3.49. The number of alkyl halides is 3. The number of hydrogen-bond donors (Lipinski definition) is 0. The summed E-state index contributed by atoms with van der Waals surface area (Å²) < 4.78 is 43.4. The second-order valence-electron chi connectivity index (χ2n) is 3.39. The Kier molecular flexibility index (Phi) is 3.16. The topological polar surface area (TPSA) is 39.9 Å². The molecule has 8 heteroatoms. The zero-order valence-corrected chi connectivity index (χ0v) is 9.83. The molecule has 96 valence electrons. The molecule has 18 heavy (non-hydrogen) atoms. The number of pyridine rings is 1. The molecule has 0 unspecified atom stereocenters. The van der Waals surface area contributed by atoms with Crippen molar-refractivity contribution in [2.75, 3.05) is 0 Å². The van der Waals surface area contributed by atoms with Gasteiger partial charge in [0.2, 0.25) is 11.8 Å². The molecule has 0 amide bonds. The quantitative estimate of drug-likeness (QED) is 0.791. The van der Waals surface area contributed by atoms with E-state index >= 15 is 0 Å². The number of rotatable bonds is 2. The highest BCUT2D eigenvalue weighted by Gasteiger charge is 2.35. The number of nitrogens with zero attached hydrogens (tertiary/aromatic N) is 3. The van der Waals surface area contributed by atoms with Crippen LogP contribution in [0.15, 0.2) is 24.3 Å². The van der Waals surface area contributed by atoms with Crippen molar-refractivity contribution in [3.63, 3.8) is 0 Å². The van der Waals surface area contributed by atoms with Crippen LogP contribution in [0.4, 0.5) is 13.2 Å². The summed E-state index contributed by atoms with van der Waals surface area (Å²) in [5.41, 5.74) is -1.03. The molecule has 0 aliphatic rings. The first-order valence-electron chi connectivity index (χ1n) is 4.78. The Morgan fingerprint density at radius 2 is 2.06 bits per heavy atom. The molecule has 0 atom stereocenters. The molecule has 2 aromatic heterocycles. The molecule has 0 radical (unpaired) electrons. The number of halogens is 4. The molecule has 0 spiro atoms. The molecule has 2 aromatic rings. The molecule has 0 bridgehead atoms. The van der Waals surface area contributed by atoms with Crippen molar-refractivity contribution in [2.45, 2.75) is 6.18 Å². The van der Waals surface area contributed by atoms with Gasteiger partial charge in [-0.15, -0.1) is 0 Å². The zero-order valence-electron chi connectivity index (χ0n) is 9.07. The lowest BCUT2D eigenvalue weighted by atomic mass is 10.4. The van der Waals surface area contributed by atoms with Gasteiger partial charge in [-0.2, -0.15) is 18.3 Å². The molecule has 4 nitrogen and oxygen atoms in total. The lowest BCUT2D eigenvalue weighted by molar-refractivity contribution is -0.141. The third-order valence-corrected chi connectivity index (χ3v) is 2.24. The number of hydrogen-bond acceptors (Lipinski definition) is 3. The minimum absolute atomic E-state index is 0.0721. The standard InChI is InChI=1S/C10H7ClF3N3O/c1-17-9(5-6(16-17)10(12,13)14)18-8-4-2-3-7(11)15-8/h2-5H,1H3. The van der Waals surface area contributed by atoms with Gasteiger partial charge in [0, 0.05) is 19.2 Å². The second kappa shape index (κ2) is 4.49. The van der Waals surface area contributed by atoms with Gasteiger partial charge in [0.25, 0.3) is 0 Å². The fraction of sp³-hybridized carbons (Fsp3) is 0.200. The van der Waals surface area contributed by atoms with Crippen LogP contribution in [0.25, 0.3) is 0 Å². The largest absolute Gasteiger partial charge is 0.435 e. The van der Waals surface area contributed by atoms with Crippen molar-refractivity contribution in [3.8, 4) is 11.8 Å². The first-order chi connectivity index (χ1) is 8.36. The van der Waals surface area contributed by atoms with E-state index in [1.54, 1.807) is 6.07 Å². The van der Waals surface area contributed by atoms with Gasteiger partial charge in [-0.25, -0.2) is 9.67 Å². The van der Waals surface area contributed by atoms with Crippen molar-refractivity contribution < 1.29 is 17.9 Å². The van der Waals surface area contributed by atoms with E-state index in [9.17, 15) is 13.2 Å². The molecule has 2 rings (SSSR count). The molecule has 0 aromatic carbocycles. The molecule has 0 saturated carbocycles. The first-order valence-corrected chi connectivity index (χ1v) is 5.16. The highest BCUT2D eigenvalue weighted by atomic mass is 35.5. The number of ether oxygens (including phenoxy) is 1. The summed E-state index contributed by atoms with van der Waals surface area (Å²) in [5.74, 6) is 0.0244. The highest BCUT2D eigenvalue weighted by molar-refractivity contribution is 6.29. The van der Waals surface area contributed by atoms with Gasteiger partial charge in [0.1, 0.15) is 5.15 Å². The summed E-state index contributed by atoms with van der Waals surface area (Å²) in [6, 6.07) is 5.37. The second-order valence-corrected chi connectivity index (χ2v) is 3.78. The van der Waals surface area contributed by atoms with Crippen molar-refractivity contribution >= 4 is 11.6 Å². The van der Waals surface area contributed by atoms with E-state index < -0.39 is 11.9 Å². The maximum atomic E-state index is 12.4. The van der Waals surface area contributed by atoms with Crippen LogP contribution < -0.4 is 4.74 Å². The van der Waals surface area contributed by atoms with E-state index in [4.69, 9.17) is 16.3 Å². The van der Waals surface area contributed by atoms with Crippen LogP contribution >= 0.6 is 11.6 Å². The first kappa shape index (κ1) is 12.7. The van der Waals surface area contributed by atoms with E-state index in [1.165, 1.54) is 19.2 Å². The van der Waals surface area contributed by atoms with Gasteiger partial charge < -0.3 is 4.74 Å². The van der Waals surface area contributed by atoms with Crippen LogP contribution in [-0.4, -0.2) is 14.8 Å². The van der Waals surface area contributed by atoms with E-state index in [1.807, 2.05) is 0 Å². The van der Waals surface area contributed by atoms with Gasteiger partial charge in [-0.1, -0.05) is 17.7 Å². The summed E-state index contributed by atoms with van der Waals surface area (Å²) in [4.78, 5) is 3.80. The van der Waals surface area contributed by atoms with Crippen LogP contribution in [0, 0.1) is 0 Å². The average molecular weight is 278 g/mol. The summed E-state index contributed by atoms with van der Waals surface area (Å²) >= 11 is 5.64. The molecular weight excluding hydrogens is 271 g/mol. The van der Waals surface area contributed by atoms with E-state index in [-0.39, 0.29) is 16.9 Å². The Morgan fingerprint density at radius 1 is 1.33 bits per heavy atom. The summed E-state index contributed by atoms with van der Waals surface area (Å²) in [6.45, 7) is 0. The molecule has 0 N–H and O–H groups in total. The fourth-order valence-electron chi connectivity index (χ4n) is 1.24. The minimum Gasteiger partial charge on any atom is -0.421 e. The predicted molar refractivity (Wildman–Crippen MR) is 57.5 cm³/mol. The van der Waals surface area contributed by atoms with Gasteiger partial charge in [-0.3, -0.25) is 0 Å². The summed E-state index contributed by atoms with van der Waals surface area (Å²) in [7, 11) is 1.34. The molecular formula is C10H7ClF3N3O. The molecule has 0 aliphatic heterocycles. The third-order valence-electron chi connectivity index (χ3n) is 2.03. The van der Waals surface area contributed by atoms with Crippen molar-refractivity contribution in [3.05, 3.63) is 35.1 Å². The van der Waals surface area contributed by atoms with Gasteiger partial charge in [0.05, 0.1) is 0 Å². The van der Waals surface area contributed by atoms with Crippen LogP contribution in [0.3, 0.4) is 0 Å². The third kappa shape index (κ3) is 2.73. The van der Waals surface area contributed by atoms with Crippen LogP contribution in [0.1, 0.15) is 5.69 Å². The van der Waals surface area contributed by atoms with E-state index in [2.05, 4.69) is 10.1 Å². The monoisotopic (exact) mass is 277 g/mol. The van der Waals surface area contributed by atoms with Crippen molar-refractivity contribution in [2.24, 2.45) is 7.05 Å². The Bertz CT molecular complexity index is 568. The maximum Gasteiger partial charge on any atom is 0.435 e. The molecule has 0 saturated heterocycles. The highest BCUT2D eigenvalue weighted by Crippen LogP contribution is 2.31. The van der Waals surface area contributed by atoms with Gasteiger partial charge in [-0.05, 0) is 6.07 Å². The minimum atomic E-state index is -4.51. The van der Waals surface area contributed by atoms with Crippen molar-refractivity contribution in [1.29, 1.82) is 0 Å². The molecule has 0 fully saturated rings. The SMILES string of the molecule is Cn1nc(C(F)(F)F)cc1Oc1cccc(Cl)n1. The fourth-order valence-corrected chi connectivity index (χ4v) is 1.39. The Labute approximate surface area is 105 Å². The number of aryl methyl sites for hydroxylation is 1. The zero-order chi connectivity index (χ0) is 13.3. The predicted octanol–water partition coefficient (Wildman–Crippen LogP) is 3.28. The Hall–Kier alpha value is -1.76. The average Bonchev–Trinajstić information content (AvgIpc) is 2.60. The number of aromatic nitrogens is 3. The lowest BCUT2D eigenvalue weighted by Gasteiger charge is -2.03. The van der Waals surface area contributed by atoms with E-state index in [0.717, 1.165) is 10.7 Å². The summed E-state index contributed by atoms with van der Waals surface area (Å²) in [6.07, 6.45) is -4.51. The Balaban J connectivity index is 2.27. The normalized spacial score (nSPS) is 11.6. The van der Waals surface area contributed by atoms with Gasteiger partial charge in [0.15, 0.2) is 5.69 Å². The molecule has 2 heterocycles. The van der Waals surface area contributed by atoms with E-state index in [0.29, 0.717) is 0 Å². The van der Waals surface area contributed by atoms with Crippen LogP contribution in [0.2, 0.25) is 5.15 Å². The van der Waals surface area contributed by atoms with Gasteiger partial charge >= 0.3 is 6.18 Å². The lowest BCUT2D eigenvalue weighted by Crippen LogP contribution is -2.06. The smallest absolute Gasteiger partial charge is 0.421 e. The Morgan fingerprint density at radius 3 is 2.61 bits per heavy atom. The van der Waals surface area contributed by atoms with Crippen molar-refractivity contribution in [1.82, 2.24) is 14.8 Å². The maximum absolute atomic E-state index is 12.4. The van der Waals surface area contributed by atoms with Crippen LogP contribution in [0.5, 0.6) is 11.8 Å².